The van der Waals surface area contributed by atoms with Gasteiger partial charge in [0.15, 0.2) is 0 Å². The summed E-state index contributed by atoms with van der Waals surface area (Å²) in [7, 11) is 1.72. The van der Waals surface area contributed by atoms with Crippen molar-refractivity contribution in [3.8, 4) is 11.3 Å². The average molecular weight is 304 g/mol. The van der Waals surface area contributed by atoms with E-state index in [2.05, 4.69) is 43.4 Å². The number of nitrogens with zero attached hydrogens (tertiary/aromatic N) is 1. The fourth-order valence-electron chi connectivity index (χ4n) is 2.17. The zero-order chi connectivity index (χ0) is 15.1. The molecule has 0 bridgehead atoms. The van der Waals surface area contributed by atoms with Gasteiger partial charge >= 0.3 is 0 Å². The molecule has 2 rings (SSSR count). The molecule has 0 spiro atoms. The summed E-state index contributed by atoms with van der Waals surface area (Å²) in [5, 5.41) is 4.55. The van der Waals surface area contributed by atoms with E-state index >= 15 is 0 Å². The maximum absolute atomic E-state index is 5.22. The fourth-order valence-corrected chi connectivity index (χ4v) is 3.23. The zero-order valence-corrected chi connectivity index (χ0v) is 13.9. The Morgan fingerprint density at radius 2 is 2.00 bits per heavy atom. The minimum atomic E-state index is 0.587. The summed E-state index contributed by atoms with van der Waals surface area (Å²) < 4.78 is 5.22. The van der Waals surface area contributed by atoms with Gasteiger partial charge in [-0.1, -0.05) is 44.2 Å². The van der Waals surface area contributed by atoms with E-state index in [0.717, 1.165) is 30.2 Å². The van der Waals surface area contributed by atoms with Gasteiger partial charge < -0.3 is 10.1 Å². The van der Waals surface area contributed by atoms with Gasteiger partial charge in [0.25, 0.3) is 0 Å². The van der Waals surface area contributed by atoms with Crippen LogP contribution < -0.4 is 5.32 Å². The first-order valence-corrected chi connectivity index (χ1v) is 8.26. The Balaban J connectivity index is 2.10. The molecule has 114 valence electrons. The van der Waals surface area contributed by atoms with E-state index in [1.807, 2.05) is 6.07 Å². The van der Waals surface area contributed by atoms with E-state index in [1.165, 1.54) is 10.4 Å². The molecule has 0 fully saturated rings. The summed E-state index contributed by atoms with van der Waals surface area (Å²) >= 11 is 1.76. The van der Waals surface area contributed by atoms with Crippen LogP contribution in [0.5, 0.6) is 0 Å². The van der Waals surface area contributed by atoms with E-state index in [4.69, 9.17) is 9.72 Å². The van der Waals surface area contributed by atoms with Gasteiger partial charge in [-0.15, -0.1) is 11.3 Å². The van der Waals surface area contributed by atoms with Gasteiger partial charge in [-0.25, -0.2) is 4.98 Å². The van der Waals surface area contributed by atoms with Crippen LogP contribution >= 0.6 is 11.3 Å². The predicted molar refractivity (Wildman–Crippen MR) is 89.7 cm³/mol. The maximum atomic E-state index is 5.22. The number of ether oxygens (including phenoxy) is 1. The van der Waals surface area contributed by atoms with Crippen molar-refractivity contribution in [3.05, 3.63) is 40.2 Å². The number of hydrogen-bond acceptors (Lipinski definition) is 4. The molecule has 0 unspecified atom stereocenters. The van der Waals surface area contributed by atoms with Gasteiger partial charge in [-0.3, -0.25) is 0 Å². The van der Waals surface area contributed by atoms with Crippen molar-refractivity contribution >= 4 is 11.3 Å². The summed E-state index contributed by atoms with van der Waals surface area (Å²) in [6.07, 6.45) is 1.01. The van der Waals surface area contributed by atoms with Gasteiger partial charge in [0.2, 0.25) is 0 Å². The van der Waals surface area contributed by atoms with Crippen molar-refractivity contribution in [2.24, 2.45) is 5.92 Å². The highest BCUT2D eigenvalue weighted by atomic mass is 32.1. The van der Waals surface area contributed by atoms with E-state index in [0.29, 0.717) is 12.5 Å². The monoisotopic (exact) mass is 304 g/mol. The van der Waals surface area contributed by atoms with Crippen molar-refractivity contribution in [3.63, 3.8) is 0 Å². The first-order valence-electron chi connectivity index (χ1n) is 7.44. The van der Waals surface area contributed by atoms with Crippen molar-refractivity contribution in [2.75, 3.05) is 20.2 Å². The topological polar surface area (TPSA) is 34.1 Å². The smallest absolute Gasteiger partial charge is 0.119 e. The van der Waals surface area contributed by atoms with Crippen LogP contribution in [0.3, 0.4) is 0 Å². The second kappa shape index (κ2) is 8.27. The number of thiazole rings is 1. The maximum Gasteiger partial charge on any atom is 0.119 e. The Hall–Kier alpha value is -1.23. The van der Waals surface area contributed by atoms with Crippen LogP contribution in [-0.2, 0) is 17.8 Å². The number of aromatic nitrogens is 1. The lowest BCUT2D eigenvalue weighted by Gasteiger charge is -2.07. The molecule has 21 heavy (non-hydrogen) atoms. The van der Waals surface area contributed by atoms with Gasteiger partial charge in [0.1, 0.15) is 5.01 Å². The van der Waals surface area contributed by atoms with Crippen LogP contribution in [0.4, 0.5) is 0 Å². The van der Waals surface area contributed by atoms with Crippen molar-refractivity contribution in [2.45, 2.75) is 26.9 Å². The SMILES string of the molecule is COCc1nc(-c2ccccc2)c(CCNCC(C)C)s1. The van der Waals surface area contributed by atoms with Crippen LogP contribution in [0.25, 0.3) is 11.3 Å². The van der Waals surface area contributed by atoms with Crippen LogP contribution in [0.15, 0.2) is 30.3 Å². The first-order chi connectivity index (χ1) is 10.2. The molecule has 0 radical (unpaired) electrons. The Kier molecular flexibility index (Phi) is 6.36. The fraction of sp³-hybridized carbons (Fsp3) is 0.471. The third-order valence-corrected chi connectivity index (χ3v) is 4.23. The van der Waals surface area contributed by atoms with Crippen molar-refractivity contribution in [1.82, 2.24) is 10.3 Å². The molecule has 1 N–H and O–H groups in total. The van der Waals surface area contributed by atoms with Crippen molar-refractivity contribution in [1.29, 1.82) is 0 Å². The molecule has 2 aromatic rings. The molecule has 0 amide bonds. The number of benzene rings is 1. The van der Waals surface area contributed by atoms with E-state index < -0.39 is 0 Å². The lowest BCUT2D eigenvalue weighted by Crippen LogP contribution is -2.22. The van der Waals surface area contributed by atoms with E-state index in [-0.39, 0.29) is 0 Å². The summed E-state index contributed by atoms with van der Waals surface area (Å²) in [5.41, 5.74) is 2.30. The second-order valence-electron chi connectivity index (χ2n) is 5.53. The molecule has 0 saturated carbocycles. The summed E-state index contributed by atoms with van der Waals surface area (Å²) in [6.45, 7) is 7.10. The highest BCUT2D eigenvalue weighted by Gasteiger charge is 2.12. The molecule has 1 aromatic heterocycles. The number of nitrogens with one attached hydrogen (secondary N) is 1. The quantitative estimate of drug-likeness (QED) is 0.754. The average Bonchev–Trinajstić information content (AvgIpc) is 2.88. The minimum Gasteiger partial charge on any atom is -0.378 e. The Morgan fingerprint density at radius 1 is 1.24 bits per heavy atom. The second-order valence-corrected chi connectivity index (χ2v) is 6.69. The van der Waals surface area contributed by atoms with Gasteiger partial charge in [0, 0.05) is 24.1 Å². The van der Waals surface area contributed by atoms with Gasteiger partial charge in [0.05, 0.1) is 12.3 Å². The lowest BCUT2D eigenvalue weighted by atomic mass is 10.1. The third-order valence-electron chi connectivity index (χ3n) is 3.14. The molecular weight excluding hydrogens is 280 g/mol. The molecule has 0 aliphatic carbocycles. The lowest BCUT2D eigenvalue weighted by molar-refractivity contribution is 0.184. The summed E-state index contributed by atoms with van der Waals surface area (Å²) in [5.74, 6) is 0.684. The van der Waals surface area contributed by atoms with Crippen molar-refractivity contribution < 1.29 is 4.74 Å². The number of methoxy groups -OCH3 is 1. The summed E-state index contributed by atoms with van der Waals surface area (Å²) in [4.78, 5) is 6.09. The third kappa shape index (κ3) is 4.92. The van der Waals surface area contributed by atoms with E-state index in [9.17, 15) is 0 Å². The largest absolute Gasteiger partial charge is 0.378 e. The normalized spacial score (nSPS) is 11.2. The van der Waals surface area contributed by atoms with Gasteiger partial charge in [-0.05, 0) is 18.9 Å². The molecule has 0 atom stereocenters. The summed E-state index contributed by atoms with van der Waals surface area (Å²) in [6, 6.07) is 10.4. The Labute approximate surface area is 131 Å². The van der Waals surface area contributed by atoms with Gasteiger partial charge in [-0.2, -0.15) is 0 Å². The van der Waals surface area contributed by atoms with Crippen LogP contribution in [0.1, 0.15) is 23.7 Å². The standard InChI is InChI=1S/C17H24N2OS/c1-13(2)11-18-10-9-15-17(14-7-5-4-6-8-14)19-16(21-15)12-20-3/h4-8,13,18H,9-12H2,1-3H3. The highest BCUT2D eigenvalue weighted by Crippen LogP contribution is 2.28. The molecular formula is C17H24N2OS. The molecule has 3 nitrogen and oxygen atoms in total. The molecule has 4 heteroatoms. The van der Waals surface area contributed by atoms with Crippen LogP contribution in [0.2, 0.25) is 0 Å². The Morgan fingerprint density at radius 3 is 2.67 bits per heavy atom. The van der Waals surface area contributed by atoms with Crippen LogP contribution in [-0.4, -0.2) is 25.2 Å². The number of hydrogen-bond donors (Lipinski definition) is 1. The number of rotatable bonds is 8. The first kappa shape index (κ1) is 16.1. The molecule has 0 saturated heterocycles. The highest BCUT2D eigenvalue weighted by molar-refractivity contribution is 7.12. The zero-order valence-electron chi connectivity index (χ0n) is 13.1. The molecule has 0 aliphatic heterocycles. The van der Waals surface area contributed by atoms with Crippen LogP contribution in [0, 0.1) is 5.92 Å². The molecule has 0 aliphatic rings. The predicted octanol–water partition coefficient (Wildman–Crippen LogP) is 3.74. The minimum absolute atomic E-state index is 0.587. The molecule has 1 aromatic carbocycles. The molecule has 1 heterocycles. The Bertz CT molecular complexity index is 537. The van der Waals surface area contributed by atoms with E-state index in [1.54, 1.807) is 18.4 Å².